The molecule has 33 heavy (non-hydrogen) atoms. The number of thioether (sulfide) groups is 1. The summed E-state index contributed by atoms with van der Waals surface area (Å²) in [5, 5.41) is 15.6. The van der Waals surface area contributed by atoms with E-state index in [1.807, 2.05) is 24.3 Å². The van der Waals surface area contributed by atoms with Crippen molar-refractivity contribution in [2.75, 3.05) is 17.7 Å². The van der Waals surface area contributed by atoms with Crippen molar-refractivity contribution in [3.63, 3.8) is 0 Å². The number of fused-ring (bicyclic) bond motifs is 1. The number of carbonyl (C=O) groups excluding carboxylic acids is 1. The average molecular weight is 487 g/mol. The van der Waals surface area contributed by atoms with E-state index >= 15 is 0 Å². The van der Waals surface area contributed by atoms with Crippen LogP contribution < -0.4 is 5.32 Å². The number of benzene rings is 2. The van der Waals surface area contributed by atoms with Crippen LogP contribution in [0.4, 0.5) is 5.69 Å². The van der Waals surface area contributed by atoms with Gasteiger partial charge in [-0.1, -0.05) is 62.6 Å². The first-order chi connectivity index (χ1) is 16.0. The highest BCUT2D eigenvalue weighted by Crippen LogP contribution is 2.32. The summed E-state index contributed by atoms with van der Waals surface area (Å²) in [5.41, 5.74) is 1.89. The zero-order valence-corrected chi connectivity index (χ0v) is 20.0. The average Bonchev–Trinajstić information content (AvgIpc) is 3.36. The summed E-state index contributed by atoms with van der Waals surface area (Å²) in [6.45, 7) is 3.09. The van der Waals surface area contributed by atoms with Gasteiger partial charge in [0.1, 0.15) is 4.90 Å². The molecule has 0 bridgehead atoms. The highest BCUT2D eigenvalue weighted by atomic mass is 32.2. The van der Waals surface area contributed by atoms with E-state index in [9.17, 15) is 13.2 Å². The molecule has 0 saturated carbocycles. The first-order valence-electron chi connectivity index (χ1n) is 10.9. The lowest BCUT2D eigenvalue weighted by atomic mass is 10.1. The predicted octanol–water partition coefficient (Wildman–Crippen LogP) is 3.94. The molecule has 1 N–H and O–H groups in total. The van der Waals surface area contributed by atoms with E-state index in [-0.39, 0.29) is 16.3 Å². The van der Waals surface area contributed by atoms with E-state index < -0.39 is 15.9 Å². The second-order valence-corrected chi connectivity index (χ2v) is 10.4. The van der Waals surface area contributed by atoms with Crippen LogP contribution in [0.15, 0.2) is 58.6 Å². The largest absolute Gasteiger partial charge is 0.385 e. The van der Waals surface area contributed by atoms with E-state index in [0.717, 1.165) is 40.4 Å². The number of hydrogen-bond donors (Lipinski definition) is 1. The summed E-state index contributed by atoms with van der Waals surface area (Å²) >= 11 is 1.09. The molecule has 3 aromatic rings. The zero-order valence-electron chi connectivity index (χ0n) is 18.3. The fraction of sp³-hybridized carbons (Fsp3) is 0.364. The maximum atomic E-state index is 12.8. The molecule has 0 radical (unpaired) electrons. The molecule has 1 aliphatic heterocycles. The Hall–Kier alpha value is -2.92. The van der Waals surface area contributed by atoms with Gasteiger partial charge in [0, 0.05) is 12.2 Å². The minimum Gasteiger partial charge on any atom is -0.385 e. The van der Waals surface area contributed by atoms with Gasteiger partial charge in [0.15, 0.2) is 0 Å². The molecule has 0 atom stereocenters. The zero-order chi connectivity index (χ0) is 23.3. The lowest BCUT2D eigenvalue weighted by molar-refractivity contribution is 0.0887. The molecule has 9 nitrogen and oxygen atoms in total. The number of hydrogen-bond acceptors (Lipinski definition) is 8. The van der Waals surface area contributed by atoms with Gasteiger partial charge in [0.25, 0.3) is 15.9 Å². The van der Waals surface area contributed by atoms with Crippen LogP contribution >= 0.6 is 11.8 Å². The Morgan fingerprint density at radius 3 is 2.67 bits per heavy atom. The molecule has 2 heterocycles. The fourth-order valence-electron chi connectivity index (χ4n) is 3.61. The van der Waals surface area contributed by atoms with E-state index in [1.165, 1.54) is 42.5 Å². The summed E-state index contributed by atoms with van der Waals surface area (Å²) in [5.74, 6) is -0.659. The summed E-state index contributed by atoms with van der Waals surface area (Å²) < 4.78 is 27.9. The third-order valence-electron chi connectivity index (χ3n) is 5.36. The molecule has 11 heteroatoms. The molecule has 1 aliphatic rings. The number of nitrogens with one attached hydrogen (secondary N) is 1. The van der Waals surface area contributed by atoms with Gasteiger partial charge in [-0.25, -0.2) is 12.7 Å². The molecule has 0 spiro atoms. The van der Waals surface area contributed by atoms with Gasteiger partial charge in [0.05, 0.1) is 17.1 Å². The van der Waals surface area contributed by atoms with Crippen molar-refractivity contribution in [2.24, 2.45) is 0 Å². The van der Waals surface area contributed by atoms with Gasteiger partial charge in [-0.3, -0.25) is 4.79 Å². The maximum Gasteiger partial charge on any atom is 0.269 e. The Labute approximate surface area is 197 Å². The number of rotatable bonds is 11. The standard InChI is InChI=1S/C22H26N6O3S2/c1-2-3-4-5-8-14-23-17-10-9-11-18(15-17)28-22(24-25-26-28)32-16-27-21(29)19-12-6-7-13-20(19)33(27,30)31/h6-7,9-13,15,23H,2-5,8,14,16H2,1H3. The van der Waals surface area contributed by atoms with Crippen LogP contribution in [-0.4, -0.2) is 51.3 Å². The monoisotopic (exact) mass is 486 g/mol. The van der Waals surface area contributed by atoms with Gasteiger partial charge in [-0.15, -0.1) is 5.10 Å². The number of amides is 1. The van der Waals surface area contributed by atoms with Gasteiger partial charge >= 0.3 is 0 Å². The van der Waals surface area contributed by atoms with Gasteiger partial charge in [-0.2, -0.15) is 4.68 Å². The molecule has 0 fully saturated rings. The lowest BCUT2D eigenvalue weighted by Crippen LogP contribution is -2.29. The Balaban J connectivity index is 1.42. The van der Waals surface area contributed by atoms with Crippen LogP contribution in [-0.2, 0) is 10.0 Å². The van der Waals surface area contributed by atoms with E-state index in [2.05, 4.69) is 27.8 Å². The van der Waals surface area contributed by atoms with Crippen LogP contribution in [0.3, 0.4) is 0 Å². The smallest absolute Gasteiger partial charge is 0.269 e. The Kier molecular flexibility index (Phi) is 7.29. The van der Waals surface area contributed by atoms with Crippen LogP contribution in [0.25, 0.3) is 5.69 Å². The molecule has 0 unspecified atom stereocenters. The van der Waals surface area contributed by atoms with Crippen LogP contribution in [0.1, 0.15) is 49.4 Å². The summed E-state index contributed by atoms with van der Waals surface area (Å²) in [7, 11) is -3.88. The molecule has 4 rings (SSSR count). The van der Waals surface area contributed by atoms with E-state index in [4.69, 9.17) is 0 Å². The van der Waals surface area contributed by atoms with Crippen molar-refractivity contribution >= 4 is 33.4 Å². The Morgan fingerprint density at radius 1 is 1.03 bits per heavy atom. The molecule has 0 saturated heterocycles. The summed E-state index contributed by atoms with van der Waals surface area (Å²) in [6.07, 6.45) is 6.06. The first kappa shape index (κ1) is 23.2. The molecular weight excluding hydrogens is 460 g/mol. The number of sulfonamides is 1. The molecule has 0 aliphatic carbocycles. The number of tetrazole rings is 1. The number of carbonyl (C=O) groups is 1. The molecule has 2 aromatic carbocycles. The van der Waals surface area contributed by atoms with Gasteiger partial charge < -0.3 is 5.32 Å². The molecular formula is C22H26N6O3S2. The van der Waals surface area contributed by atoms with Crippen LogP contribution in [0, 0.1) is 0 Å². The maximum absolute atomic E-state index is 12.8. The van der Waals surface area contributed by atoms with Crippen molar-refractivity contribution in [3.8, 4) is 5.69 Å². The number of unbranched alkanes of at least 4 members (excludes halogenated alkanes) is 4. The van der Waals surface area contributed by atoms with Crippen molar-refractivity contribution < 1.29 is 13.2 Å². The van der Waals surface area contributed by atoms with Crippen molar-refractivity contribution in [3.05, 3.63) is 54.1 Å². The van der Waals surface area contributed by atoms with Crippen LogP contribution in [0.2, 0.25) is 0 Å². The van der Waals surface area contributed by atoms with Gasteiger partial charge in [0.2, 0.25) is 5.16 Å². The van der Waals surface area contributed by atoms with Crippen LogP contribution in [0.5, 0.6) is 0 Å². The molecule has 174 valence electrons. The number of aromatic nitrogens is 4. The number of anilines is 1. The highest BCUT2D eigenvalue weighted by Gasteiger charge is 2.41. The predicted molar refractivity (Wildman–Crippen MR) is 127 cm³/mol. The summed E-state index contributed by atoms with van der Waals surface area (Å²) in [6, 6.07) is 13.9. The second kappa shape index (κ2) is 10.3. The van der Waals surface area contributed by atoms with Crippen molar-refractivity contribution in [1.29, 1.82) is 0 Å². The number of nitrogens with zero attached hydrogens (tertiary/aromatic N) is 5. The SMILES string of the molecule is CCCCCCCNc1cccc(-n2nnnc2SCN2C(=O)c3ccccc3S2(=O)=O)c1. The third-order valence-corrected chi connectivity index (χ3v) is 8.21. The Morgan fingerprint density at radius 2 is 1.85 bits per heavy atom. The topological polar surface area (TPSA) is 110 Å². The second-order valence-electron chi connectivity index (χ2n) is 7.69. The van der Waals surface area contributed by atoms with Crippen molar-refractivity contribution in [2.45, 2.75) is 49.1 Å². The van der Waals surface area contributed by atoms with Crippen molar-refractivity contribution in [1.82, 2.24) is 24.5 Å². The minimum atomic E-state index is -3.88. The Bertz CT molecular complexity index is 1230. The highest BCUT2D eigenvalue weighted by molar-refractivity contribution is 8.00. The lowest BCUT2D eigenvalue weighted by Gasteiger charge is -2.14. The quantitative estimate of drug-likeness (QED) is 0.321. The normalized spacial score (nSPS) is 14.5. The third kappa shape index (κ3) is 5.03. The fourth-order valence-corrected chi connectivity index (χ4v) is 6.27. The van der Waals surface area contributed by atoms with E-state index in [1.54, 1.807) is 12.1 Å². The van der Waals surface area contributed by atoms with E-state index in [0.29, 0.717) is 5.16 Å². The molecule has 1 amide bonds. The first-order valence-corrected chi connectivity index (χ1v) is 13.4. The summed E-state index contributed by atoms with van der Waals surface area (Å²) in [4.78, 5) is 12.7. The molecule has 1 aromatic heterocycles. The minimum absolute atomic E-state index is 0.0312. The van der Waals surface area contributed by atoms with Gasteiger partial charge in [-0.05, 0) is 47.2 Å².